The van der Waals surface area contributed by atoms with E-state index < -0.39 is 5.97 Å². The van der Waals surface area contributed by atoms with Crippen molar-refractivity contribution in [3.8, 4) is 0 Å². The summed E-state index contributed by atoms with van der Waals surface area (Å²) in [6, 6.07) is 3.19. The molecule has 90 valence electrons. The van der Waals surface area contributed by atoms with E-state index in [2.05, 4.69) is 17.5 Å². The monoisotopic (exact) mass is 251 g/mol. The van der Waals surface area contributed by atoms with Crippen molar-refractivity contribution >= 4 is 23.2 Å². The van der Waals surface area contributed by atoms with Gasteiger partial charge in [0.15, 0.2) is 0 Å². The fourth-order valence-electron chi connectivity index (χ4n) is 1.76. The minimum Gasteiger partial charge on any atom is -0.477 e. The number of hydrogen-bond acceptors (Lipinski definition) is 3. The molecular weight excluding hydrogens is 238 g/mol. The van der Waals surface area contributed by atoms with Crippen LogP contribution >= 0.6 is 11.3 Å². The van der Waals surface area contributed by atoms with Gasteiger partial charge in [0, 0.05) is 6.04 Å². The molecule has 1 atom stereocenters. The van der Waals surface area contributed by atoms with Gasteiger partial charge in [-0.15, -0.1) is 11.3 Å². The van der Waals surface area contributed by atoms with E-state index in [9.17, 15) is 9.59 Å². The Morgan fingerprint density at radius 1 is 1.29 bits per heavy atom. The summed E-state index contributed by atoms with van der Waals surface area (Å²) in [5.74, 6) is -1.17. The molecule has 4 nitrogen and oxygen atoms in total. The number of carboxylic acids is 1. The predicted octanol–water partition coefficient (Wildman–Crippen LogP) is 2.28. The molecule has 0 bridgehead atoms. The first-order chi connectivity index (χ1) is 8.16. The molecule has 1 aromatic rings. The lowest BCUT2D eigenvalue weighted by molar-refractivity contribution is 0.0702. The van der Waals surface area contributed by atoms with Crippen molar-refractivity contribution in [2.45, 2.75) is 25.3 Å². The van der Waals surface area contributed by atoms with Crippen molar-refractivity contribution in [1.29, 1.82) is 0 Å². The van der Waals surface area contributed by atoms with Gasteiger partial charge in [0.2, 0.25) is 0 Å². The molecule has 5 heteroatoms. The summed E-state index contributed by atoms with van der Waals surface area (Å²) in [5, 5.41) is 11.7. The van der Waals surface area contributed by atoms with Crippen molar-refractivity contribution in [3.63, 3.8) is 0 Å². The second-order valence-corrected chi connectivity index (χ2v) is 5.01. The molecule has 17 heavy (non-hydrogen) atoms. The zero-order chi connectivity index (χ0) is 12.3. The highest BCUT2D eigenvalue weighted by molar-refractivity contribution is 7.15. The highest BCUT2D eigenvalue weighted by Crippen LogP contribution is 2.17. The van der Waals surface area contributed by atoms with Gasteiger partial charge in [0.25, 0.3) is 5.91 Å². The van der Waals surface area contributed by atoms with Gasteiger partial charge in [0.1, 0.15) is 4.88 Å². The van der Waals surface area contributed by atoms with E-state index in [4.69, 9.17) is 5.11 Å². The number of carbonyl (C=O) groups excluding carboxylic acids is 1. The van der Waals surface area contributed by atoms with Gasteiger partial charge in [-0.1, -0.05) is 12.2 Å². The van der Waals surface area contributed by atoms with Crippen LogP contribution in [0.1, 0.15) is 38.6 Å². The first-order valence-electron chi connectivity index (χ1n) is 5.46. The van der Waals surface area contributed by atoms with Crippen LogP contribution < -0.4 is 5.32 Å². The zero-order valence-electron chi connectivity index (χ0n) is 9.18. The summed E-state index contributed by atoms with van der Waals surface area (Å²) < 4.78 is 0. The van der Waals surface area contributed by atoms with Crippen LogP contribution in [0.3, 0.4) is 0 Å². The highest BCUT2D eigenvalue weighted by Gasteiger charge is 2.17. The average molecular weight is 251 g/mol. The molecule has 1 amide bonds. The number of carbonyl (C=O) groups is 2. The standard InChI is InChI=1S/C12H13NO3S/c14-11(13-8-4-2-1-3-5-8)9-6-7-10(17-9)12(15)16/h1-2,6-8H,3-5H2,(H,13,14)(H,15,16)/t8-/m0/s1. The SMILES string of the molecule is O=C(O)c1ccc(C(=O)N[C@H]2CC=CCC2)s1. The normalized spacial score (nSPS) is 18.9. The van der Waals surface area contributed by atoms with E-state index in [1.807, 2.05) is 0 Å². The maximum atomic E-state index is 11.8. The van der Waals surface area contributed by atoms with Crippen molar-refractivity contribution in [2.75, 3.05) is 0 Å². The van der Waals surface area contributed by atoms with Crippen LogP contribution in [0.2, 0.25) is 0 Å². The van der Waals surface area contributed by atoms with Crippen molar-refractivity contribution in [2.24, 2.45) is 0 Å². The third kappa shape index (κ3) is 2.94. The predicted molar refractivity (Wildman–Crippen MR) is 65.5 cm³/mol. The number of hydrogen-bond donors (Lipinski definition) is 2. The Labute approximate surface area is 103 Å². The van der Waals surface area contributed by atoms with Crippen LogP contribution in [-0.4, -0.2) is 23.0 Å². The molecule has 2 N–H and O–H groups in total. The van der Waals surface area contributed by atoms with E-state index in [1.54, 1.807) is 6.07 Å². The average Bonchev–Trinajstić information content (AvgIpc) is 2.79. The minimum atomic E-state index is -0.991. The zero-order valence-corrected chi connectivity index (χ0v) is 10.00. The second kappa shape index (κ2) is 5.14. The van der Waals surface area contributed by atoms with Gasteiger partial charge in [-0.3, -0.25) is 4.79 Å². The summed E-state index contributed by atoms with van der Waals surface area (Å²) in [7, 11) is 0. The number of rotatable bonds is 3. The molecule has 1 heterocycles. The number of amides is 1. The van der Waals surface area contributed by atoms with Gasteiger partial charge in [-0.2, -0.15) is 0 Å². The number of allylic oxidation sites excluding steroid dienone is 1. The third-order valence-electron chi connectivity index (χ3n) is 2.64. The maximum absolute atomic E-state index is 11.8. The van der Waals surface area contributed by atoms with E-state index in [0.717, 1.165) is 30.6 Å². The molecule has 0 unspecified atom stereocenters. The van der Waals surface area contributed by atoms with Crippen LogP contribution in [0.25, 0.3) is 0 Å². The Kier molecular flexibility index (Phi) is 3.58. The molecule has 0 saturated carbocycles. The quantitative estimate of drug-likeness (QED) is 0.810. The molecule has 2 rings (SSSR count). The van der Waals surface area contributed by atoms with E-state index >= 15 is 0 Å². The molecule has 1 aromatic heterocycles. The summed E-state index contributed by atoms with van der Waals surface area (Å²) >= 11 is 1.01. The van der Waals surface area contributed by atoms with Gasteiger partial charge in [0.05, 0.1) is 4.88 Å². The highest BCUT2D eigenvalue weighted by atomic mass is 32.1. The van der Waals surface area contributed by atoms with E-state index in [0.29, 0.717) is 4.88 Å². The van der Waals surface area contributed by atoms with Gasteiger partial charge < -0.3 is 10.4 Å². The first kappa shape index (κ1) is 11.9. The van der Waals surface area contributed by atoms with Gasteiger partial charge in [-0.05, 0) is 31.4 Å². The lowest BCUT2D eigenvalue weighted by Gasteiger charge is -2.18. The molecule has 0 fully saturated rings. The van der Waals surface area contributed by atoms with Gasteiger partial charge >= 0.3 is 5.97 Å². The van der Waals surface area contributed by atoms with Gasteiger partial charge in [-0.25, -0.2) is 4.79 Å². The fraction of sp³-hybridized carbons (Fsp3) is 0.333. The molecule has 0 saturated heterocycles. The van der Waals surface area contributed by atoms with Crippen molar-refractivity contribution in [3.05, 3.63) is 34.0 Å². The lowest BCUT2D eigenvalue weighted by Crippen LogP contribution is -2.34. The summed E-state index contributed by atoms with van der Waals surface area (Å²) in [4.78, 5) is 23.2. The molecule has 0 aliphatic heterocycles. The molecule has 0 spiro atoms. The number of aromatic carboxylic acids is 1. The minimum absolute atomic E-state index is 0.169. The van der Waals surface area contributed by atoms with Crippen LogP contribution in [0, 0.1) is 0 Å². The first-order valence-corrected chi connectivity index (χ1v) is 6.27. The third-order valence-corrected chi connectivity index (χ3v) is 3.72. The van der Waals surface area contributed by atoms with Crippen LogP contribution in [0.4, 0.5) is 0 Å². The van der Waals surface area contributed by atoms with Crippen molar-refractivity contribution in [1.82, 2.24) is 5.32 Å². The largest absolute Gasteiger partial charge is 0.477 e. The van der Waals surface area contributed by atoms with Crippen molar-refractivity contribution < 1.29 is 14.7 Å². The Hall–Kier alpha value is -1.62. The smallest absolute Gasteiger partial charge is 0.345 e. The molecule has 0 aromatic carbocycles. The van der Waals surface area contributed by atoms with E-state index in [1.165, 1.54) is 6.07 Å². The Balaban J connectivity index is 1.99. The summed E-state index contributed by atoms with van der Waals surface area (Å²) in [6.07, 6.45) is 6.94. The molecular formula is C12H13NO3S. The van der Waals surface area contributed by atoms with E-state index in [-0.39, 0.29) is 16.8 Å². The Bertz CT molecular complexity index is 464. The topological polar surface area (TPSA) is 66.4 Å². The fourth-order valence-corrected chi connectivity index (χ4v) is 2.50. The number of carboxylic acid groups (broad SMARTS) is 1. The lowest BCUT2D eigenvalue weighted by atomic mass is 10.0. The summed E-state index contributed by atoms with van der Waals surface area (Å²) in [6.45, 7) is 0. The molecule has 1 aliphatic rings. The molecule has 1 aliphatic carbocycles. The Morgan fingerprint density at radius 2 is 2.06 bits per heavy atom. The second-order valence-electron chi connectivity index (χ2n) is 3.92. The van der Waals surface area contributed by atoms with Crippen LogP contribution in [0.5, 0.6) is 0 Å². The number of thiophene rings is 1. The molecule has 0 radical (unpaired) electrons. The summed E-state index contributed by atoms with van der Waals surface area (Å²) in [5.41, 5.74) is 0. The van der Waals surface area contributed by atoms with Crippen LogP contribution in [0.15, 0.2) is 24.3 Å². The number of nitrogens with one attached hydrogen (secondary N) is 1. The Morgan fingerprint density at radius 3 is 2.65 bits per heavy atom. The maximum Gasteiger partial charge on any atom is 0.345 e. The van der Waals surface area contributed by atoms with Crippen LogP contribution in [-0.2, 0) is 0 Å².